The number of benzene rings is 8. The van der Waals surface area contributed by atoms with E-state index in [4.69, 9.17) is 19.9 Å². The van der Waals surface area contributed by atoms with Crippen LogP contribution in [0.25, 0.3) is 0 Å². The molecule has 0 bridgehead atoms. The van der Waals surface area contributed by atoms with E-state index in [0.717, 1.165) is 137 Å². The highest BCUT2D eigenvalue weighted by Crippen LogP contribution is 2.44. The Morgan fingerprint density at radius 3 is 1.09 bits per heavy atom. The Bertz CT molecular complexity index is 5440. The number of amides is 5. The lowest BCUT2D eigenvalue weighted by Crippen LogP contribution is -2.30. The van der Waals surface area contributed by atoms with Gasteiger partial charge in [-0.2, -0.15) is 0 Å². The van der Waals surface area contributed by atoms with E-state index < -0.39 is 0 Å². The Labute approximate surface area is 749 Å². The molecule has 0 fully saturated rings. The quantitative estimate of drug-likeness (QED) is 0.0324. The second-order valence-corrected chi connectivity index (χ2v) is 35.4. The number of carbonyl (C=O) groups is 5. The van der Waals surface area contributed by atoms with Crippen molar-refractivity contribution in [2.75, 3.05) is 43.0 Å². The summed E-state index contributed by atoms with van der Waals surface area (Å²) >= 11 is 9.31. The number of hydrogen-bond donors (Lipinski definition) is 6. The normalized spacial score (nSPS) is 15.3. The molecule has 9 heterocycles. The number of rotatable bonds is 19. The molecule has 5 amide bonds. The van der Waals surface area contributed by atoms with Gasteiger partial charge in [0, 0.05) is 109 Å². The largest absolute Gasteiger partial charge is 0.497 e. The topological polar surface area (TPSA) is 312 Å². The number of methoxy groups -OCH3 is 3. The molecule has 0 saturated carbocycles. The van der Waals surface area contributed by atoms with Crippen LogP contribution in [0.15, 0.2) is 247 Å². The van der Waals surface area contributed by atoms with Gasteiger partial charge in [0.05, 0.1) is 45.5 Å². The maximum Gasteiger partial charge on any atom is 0.255 e. The van der Waals surface area contributed by atoms with E-state index in [2.05, 4.69) is 202 Å². The number of nitrogen functional groups attached to an aromatic ring is 1. The maximum absolute atomic E-state index is 13.2. The summed E-state index contributed by atoms with van der Waals surface area (Å²) in [6, 6.07) is 60.1. The number of nitrogens with zero attached hydrogens (tertiary/aromatic N) is 11. The maximum atomic E-state index is 13.2. The number of alkyl halides is 1. The SMILES string of the molecule is CC(C)C1NC(=O)c2ccc(Nc3ccncn3)cc21.CC(C)C1NC(=O)c2ccc(Nc3ccncn3)cc21.CC(C)I.COc1ccc(CN2C(=O)c3ccc(Br)cc3C2C(C)C)cc1.COc1ccc(CN2C(=O)c3ccc(Nc4ccncn4)cc3C2C(C)C)cc1.COc1ccc(CN2Cc3cc(Br)ccc3C2=O)cc1.Nc1ccncn1. The minimum atomic E-state index is 0.00675. The molecule has 8 aromatic carbocycles. The predicted molar refractivity (Wildman–Crippen MR) is 497 cm³/mol. The van der Waals surface area contributed by atoms with Crippen LogP contribution in [0, 0.1) is 23.7 Å². The van der Waals surface area contributed by atoms with Gasteiger partial charge in [0.1, 0.15) is 65.8 Å². The molecule has 0 radical (unpaired) electrons. The molecule has 28 heteroatoms. The Balaban J connectivity index is 0.000000146. The highest BCUT2D eigenvalue weighted by Gasteiger charge is 2.41. The van der Waals surface area contributed by atoms with Crippen LogP contribution in [0.2, 0.25) is 0 Å². The summed E-state index contributed by atoms with van der Waals surface area (Å²) in [5, 5.41) is 15.8. The first kappa shape index (κ1) is 91.5. The third kappa shape index (κ3) is 24.3. The second-order valence-electron chi connectivity index (χ2n) is 31.1. The monoisotopic (exact) mass is 1890 g/mol. The van der Waals surface area contributed by atoms with Crippen molar-refractivity contribution in [3.63, 3.8) is 0 Å². The average molecular weight is 1900 g/mol. The van der Waals surface area contributed by atoms with Gasteiger partial charge in [0.15, 0.2) is 0 Å². The summed E-state index contributed by atoms with van der Waals surface area (Å²) < 4.78 is 18.4. The molecule has 4 atom stereocenters. The Morgan fingerprint density at radius 2 is 0.748 bits per heavy atom. The van der Waals surface area contributed by atoms with E-state index in [9.17, 15) is 24.0 Å². The van der Waals surface area contributed by atoms with Crippen molar-refractivity contribution in [1.82, 2.24) is 65.2 Å². The van der Waals surface area contributed by atoms with Gasteiger partial charge in [-0.15, -0.1) is 0 Å². The molecule has 17 rings (SSSR count). The molecule has 5 aliphatic heterocycles. The summed E-state index contributed by atoms with van der Waals surface area (Å²) in [6.45, 7) is 23.8. The summed E-state index contributed by atoms with van der Waals surface area (Å²) in [7, 11) is 4.95. The van der Waals surface area contributed by atoms with Crippen LogP contribution < -0.4 is 46.5 Å². The van der Waals surface area contributed by atoms with E-state index in [1.165, 1.54) is 25.3 Å². The van der Waals surface area contributed by atoms with E-state index in [-0.39, 0.29) is 59.6 Å². The molecule has 4 unspecified atom stereocenters. The average Bonchev–Trinajstić information content (AvgIpc) is 1.61. The highest BCUT2D eigenvalue weighted by atomic mass is 127. The first-order valence-corrected chi connectivity index (χ1v) is 43.2. The smallest absolute Gasteiger partial charge is 0.255 e. The summed E-state index contributed by atoms with van der Waals surface area (Å²) in [5.74, 6) is 6.82. The van der Waals surface area contributed by atoms with E-state index >= 15 is 0 Å². The lowest BCUT2D eigenvalue weighted by molar-refractivity contribution is 0.0659. The van der Waals surface area contributed by atoms with Gasteiger partial charge in [-0.1, -0.05) is 160 Å². The van der Waals surface area contributed by atoms with Crippen molar-refractivity contribution in [3.05, 3.63) is 319 Å². The molecule has 123 heavy (non-hydrogen) atoms. The lowest BCUT2D eigenvalue weighted by Gasteiger charge is -2.28. The fourth-order valence-corrected chi connectivity index (χ4v) is 15.5. The minimum Gasteiger partial charge on any atom is -0.497 e. The zero-order chi connectivity index (χ0) is 88.0. The number of halogens is 3. The number of carbonyl (C=O) groups excluding carboxylic acids is 5. The van der Waals surface area contributed by atoms with Gasteiger partial charge in [-0.05, 0) is 220 Å². The summed E-state index contributed by atoms with van der Waals surface area (Å²) in [6.07, 6.45) is 12.6. The van der Waals surface area contributed by atoms with Gasteiger partial charge in [-0.25, -0.2) is 39.9 Å². The minimum absolute atomic E-state index is 0.00675. The van der Waals surface area contributed by atoms with Crippen molar-refractivity contribution >= 4 is 124 Å². The fraction of sp³-hybridized carbons (Fsp3) is 0.274. The van der Waals surface area contributed by atoms with Crippen LogP contribution >= 0.6 is 54.5 Å². The van der Waals surface area contributed by atoms with Crippen molar-refractivity contribution in [2.24, 2.45) is 23.7 Å². The summed E-state index contributed by atoms with van der Waals surface area (Å²) in [5.41, 5.74) is 20.5. The number of fused-ring (bicyclic) bond motifs is 5. The number of aromatic nitrogens is 8. The molecule has 7 N–H and O–H groups in total. The first-order chi connectivity index (χ1) is 59.2. The molecule has 0 saturated heterocycles. The summed E-state index contributed by atoms with van der Waals surface area (Å²) in [4.78, 5) is 99.4. The van der Waals surface area contributed by atoms with Gasteiger partial charge >= 0.3 is 0 Å². The number of anilines is 7. The Kier molecular flexibility index (Phi) is 32.3. The van der Waals surface area contributed by atoms with Crippen molar-refractivity contribution in [2.45, 2.75) is 124 Å². The van der Waals surface area contributed by atoms with Gasteiger partial charge in [0.25, 0.3) is 29.5 Å². The molecule has 4 aromatic heterocycles. The molecule has 25 nitrogen and oxygen atoms in total. The standard InChI is InChI=1S/C23H24N4O2.C19H20BrNO2.C16H14BrNO2.2C15H16N4O.C4H5N3.C3H7I/c1-15(2)22-20-12-17(26-21-10-11-24-14-25-21)6-9-19(20)23(28)27(22)13-16-4-7-18(29-3)8-5-16;1-12(2)18-17-10-14(20)6-9-16(17)19(22)21(18)11-13-4-7-15(23-3)8-5-13;1-20-14-5-2-11(3-6-14)9-18-10-12-8-13(17)4-7-15(12)16(18)19;2*1-9(2)14-12-7-10(3-4-11(12)15(20)19-14)18-13-5-6-16-8-17-13;5-4-1-2-6-3-7-4;1-3(2)4/h4-12,14-15,22H,13H2,1-3H3,(H,24,25,26);4-10,12,18H,11H2,1-3H3;2-8H,9-10H2,1H3;2*3-9,14H,1-2H3,(H,19,20)(H,16,17,18);1-3H,(H2,5,6,7);3H,1-2H3. The van der Waals surface area contributed by atoms with Crippen molar-refractivity contribution < 1.29 is 38.2 Å². The van der Waals surface area contributed by atoms with Crippen LogP contribution in [-0.4, -0.2) is 109 Å². The van der Waals surface area contributed by atoms with Gasteiger partial charge in [0.2, 0.25) is 0 Å². The number of hydrogen-bond acceptors (Lipinski definition) is 20. The van der Waals surface area contributed by atoms with E-state index in [1.54, 1.807) is 64.3 Å². The van der Waals surface area contributed by atoms with E-state index in [0.29, 0.717) is 49.8 Å². The fourth-order valence-electron chi connectivity index (χ4n) is 14.7. The third-order valence-corrected chi connectivity index (χ3v) is 21.4. The highest BCUT2D eigenvalue weighted by molar-refractivity contribution is 14.1. The molecule has 12 aromatic rings. The third-order valence-electron chi connectivity index (χ3n) is 20.5. The predicted octanol–water partition coefficient (Wildman–Crippen LogP) is 20.2. The Morgan fingerprint density at radius 1 is 0.407 bits per heavy atom. The zero-order valence-corrected chi connectivity index (χ0v) is 76.3. The van der Waals surface area contributed by atoms with Crippen LogP contribution in [0.5, 0.6) is 17.2 Å². The Hall–Kier alpha value is -12.3. The second kappa shape index (κ2) is 43.5. The van der Waals surface area contributed by atoms with Crippen LogP contribution in [0.4, 0.5) is 40.3 Å². The molecular formula is C95H102Br2IN17O8. The van der Waals surface area contributed by atoms with E-state index in [1.807, 2.05) is 172 Å². The number of nitrogens with two attached hydrogens (primary N) is 1. The number of nitrogens with one attached hydrogen (secondary N) is 5. The molecule has 0 spiro atoms. The molecule has 0 aliphatic carbocycles. The van der Waals surface area contributed by atoms with Crippen LogP contribution in [0.1, 0.15) is 190 Å². The molecule has 636 valence electrons. The van der Waals surface area contributed by atoms with Crippen LogP contribution in [-0.2, 0) is 26.2 Å². The van der Waals surface area contributed by atoms with Gasteiger partial charge in [-0.3, -0.25) is 24.0 Å². The lowest BCUT2D eigenvalue weighted by atomic mass is 9.95. The van der Waals surface area contributed by atoms with Crippen molar-refractivity contribution in [1.29, 1.82) is 0 Å². The molecular weight excluding hydrogens is 1790 g/mol. The molecule has 5 aliphatic rings. The van der Waals surface area contributed by atoms with Crippen LogP contribution in [0.3, 0.4) is 0 Å². The van der Waals surface area contributed by atoms with Crippen molar-refractivity contribution in [3.8, 4) is 17.2 Å². The number of ether oxygens (including phenoxy) is 3. The zero-order valence-electron chi connectivity index (χ0n) is 70.9. The van der Waals surface area contributed by atoms with Gasteiger partial charge < -0.3 is 61.2 Å². The first-order valence-electron chi connectivity index (χ1n) is 40.3.